The van der Waals surface area contributed by atoms with E-state index in [0.717, 1.165) is 22.0 Å². The monoisotopic (exact) mass is 291 g/mol. The fraction of sp³-hybridized carbons (Fsp3) is 0.0556. The third-order valence-electron chi connectivity index (χ3n) is 3.57. The molecule has 0 saturated carbocycles. The summed E-state index contributed by atoms with van der Waals surface area (Å²) >= 11 is 0. The smallest absolute Gasteiger partial charge is 0.323 e. The number of nitrogens with one attached hydrogen (secondary N) is 2. The van der Waals surface area contributed by atoms with E-state index < -0.39 is 0 Å². The van der Waals surface area contributed by atoms with E-state index in [2.05, 4.69) is 10.6 Å². The Balaban J connectivity index is 1.80. The summed E-state index contributed by atoms with van der Waals surface area (Å²) in [5.74, 6) is 0. The van der Waals surface area contributed by atoms with Crippen LogP contribution in [0.2, 0.25) is 0 Å². The van der Waals surface area contributed by atoms with E-state index in [4.69, 9.17) is 5.73 Å². The van der Waals surface area contributed by atoms with E-state index in [1.807, 2.05) is 61.5 Å². The molecular weight excluding hydrogens is 274 g/mol. The van der Waals surface area contributed by atoms with E-state index in [9.17, 15) is 4.79 Å². The highest BCUT2D eigenvalue weighted by Crippen LogP contribution is 2.23. The van der Waals surface area contributed by atoms with Crippen molar-refractivity contribution in [3.63, 3.8) is 0 Å². The van der Waals surface area contributed by atoms with Crippen LogP contribution in [0.4, 0.5) is 21.9 Å². The highest BCUT2D eigenvalue weighted by molar-refractivity contribution is 6.06. The molecule has 3 rings (SSSR count). The first kappa shape index (κ1) is 13.9. The highest BCUT2D eigenvalue weighted by Gasteiger charge is 2.06. The van der Waals surface area contributed by atoms with Gasteiger partial charge in [0.1, 0.15) is 0 Å². The van der Waals surface area contributed by atoms with Crippen molar-refractivity contribution in [2.45, 2.75) is 6.92 Å². The molecule has 4 N–H and O–H groups in total. The molecule has 110 valence electrons. The number of carbonyl (C=O) groups is 1. The van der Waals surface area contributed by atoms with Gasteiger partial charge < -0.3 is 16.4 Å². The van der Waals surface area contributed by atoms with Crippen LogP contribution < -0.4 is 16.4 Å². The van der Waals surface area contributed by atoms with E-state index in [1.165, 1.54) is 0 Å². The van der Waals surface area contributed by atoms with Crippen LogP contribution in [0.25, 0.3) is 10.8 Å². The van der Waals surface area contributed by atoms with Gasteiger partial charge in [-0.05, 0) is 36.1 Å². The summed E-state index contributed by atoms with van der Waals surface area (Å²) in [6.07, 6.45) is 0. The van der Waals surface area contributed by atoms with Gasteiger partial charge in [0.25, 0.3) is 0 Å². The number of nitrogens with two attached hydrogens (primary N) is 1. The van der Waals surface area contributed by atoms with E-state index in [0.29, 0.717) is 11.4 Å². The Labute approximate surface area is 129 Å². The van der Waals surface area contributed by atoms with Crippen LogP contribution in [-0.4, -0.2) is 6.03 Å². The quantitative estimate of drug-likeness (QED) is 0.613. The number of benzene rings is 3. The molecule has 0 heterocycles. The number of hydrogen-bond donors (Lipinski definition) is 3. The fourth-order valence-electron chi connectivity index (χ4n) is 2.34. The first-order chi connectivity index (χ1) is 10.6. The molecule has 0 bridgehead atoms. The Kier molecular flexibility index (Phi) is 3.66. The van der Waals surface area contributed by atoms with Crippen LogP contribution >= 0.6 is 0 Å². The zero-order valence-corrected chi connectivity index (χ0v) is 12.3. The van der Waals surface area contributed by atoms with Gasteiger partial charge in [-0.3, -0.25) is 0 Å². The van der Waals surface area contributed by atoms with Crippen molar-refractivity contribution in [2.75, 3.05) is 16.4 Å². The lowest BCUT2D eigenvalue weighted by Crippen LogP contribution is -2.19. The van der Waals surface area contributed by atoms with Crippen molar-refractivity contribution in [3.8, 4) is 0 Å². The van der Waals surface area contributed by atoms with Crippen LogP contribution in [0.15, 0.2) is 60.7 Å². The SMILES string of the molecule is Cc1ccc(NC(=O)Nc2cccc3ccccc23)cc1N. The Morgan fingerprint density at radius 2 is 1.73 bits per heavy atom. The largest absolute Gasteiger partial charge is 0.398 e. The lowest BCUT2D eigenvalue weighted by molar-refractivity contribution is 0.262. The first-order valence-electron chi connectivity index (χ1n) is 7.05. The minimum absolute atomic E-state index is 0.292. The van der Waals surface area contributed by atoms with Gasteiger partial charge in [0.2, 0.25) is 0 Å². The van der Waals surface area contributed by atoms with Gasteiger partial charge in [-0.15, -0.1) is 0 Å². The zero-order chi connectivity index (χ0) is 15.5. The van der Waals surface area contributed by atoms with E-state index >= 15 is 0 Å². The number of anilines is 3. The number of fused-ring (bicyclic) bond motifs is 1. The summed E-state index contributed by atoms with van der Waals surface area (Å²) in [4.78, 5) is 12.2. The lowest BCUT2D eigenvalue weighted by Gasteiger charge is -2.11. The summed E-state index contributed by atoms with van der Waals surface area (Å²) in [6.45, 7) is 1.93. The molecule has 0 aromatic heterocycles. The number of rotatable bonds is 2. The van der Waals surface area contributed by atoms with Gasteiger partial charge in [0.05, 0.1) is 5.69 Å². The predicted molar refractivity (Wildman–Crippen MR) is 92.2 cm³/mol. The van der Waals surface area contributed by atoms with E-state index in [1.54, 1.807) is 6.07 Å². The predicted octanol–water partition coefficient (Wildman–Crippen LogP) is 4.37. The molecule has 3 aromatic carbocycles. The summed E-state index contributed by atoms with van der Waals surface area (Å²) in [5.41, 5.74) is 8.93. The normalized spacial score (nSPS) is 10.4. The van der Waals surface area contributed by atoms with Crippen molar-refractivity contribution < 1.29 is 4.79 Å². The molecule has 0 aliphatic heterocycles. The van der Waals surface area contributed by atoms with Crippen LogP contribution in [0, 0.1) is 6.92 Å². The Bertz CT molecular complexity index is 837. The van der Waals surface area contributed by atoms with Crippen LogP contribution in [-0.2, 0) is 0 Å². The number of amides is 2. The van der Waals surface area contributed by atoms with Gasteiger partial charge in [0, 0.05) is 16.8 Å². The molecule has 0 saturated heterocycles. The molecule has 0 radical (unpaired) electrons. The third kappa shape index (κ3) is 2.86. The maximum atomic E-state index is 12.2. The molecule has 0 aliphatic carbocycles. The first-order valence-corrected chi connectivity index (χ1v) is 7.05. The third-order valence-corrected chi connectivity index (χ3v) is 3.57. The fourth-order valence-corrected chi connectivity index (χ4v) is 2.34. The molecule has 0 fully saturated rings. The topological polar surface area (TPSA) is 67.2 Å². The van der Waals surface area contributed by atoms with Gasteiger partial charge in [0.15, 0.2) is 0 Å². The van der Waals surface area contributed by atoms with Crippen molar-refractivity contribution in [1.29, 1.82) is 0 Å². The standard InChI is InChI=1S/C18H17N3O/c1-12-9-10-14(11-16(12)19)20-18(22)21-17-8-4-6-13-5-2-3-7-15(13)17/h2-11H,19H2,1H3,(H2,20,21,22). The highest BCUT2D eigenvalue weighted by atomic mass is 16.2. The Morgan fingerprint density at radius 1 is 0.955 bits per heavy atom. The second-order valence-corrected chi connectivity index (χ2v) is 5.18. The maximum absolute atomic E-state index is 12.2. The van der Waals surface area contributed by atoms with Gasteiger partial charge in [-0.1, -0.05) is 42.5 Å². The van der Waals surface area contributed by atoms with Crippen molar-refractivity contribution in [2.24, 2.45) is 0 Å². The molecule has 3 aromatic rings. The minimum atomic E-state index is -0.292. The summed E-state index contributed by atoms with van der Waals surface area (Å²) in [6, 6.07) is 18.9. The molecule has 22 heavy (non-hydrogen) atoms. The zero-order valence-electron chi connectivity index (χ0n) is 12.3. The molecule has 4 heteroatoms. The number of aryl methyl sites for hydroxylation is 1. The van der Waals surface area contributed by atoms with E-state index in [-0.39, 0.29) is 6.03 Å². The number of carbonyl (C=O) groups excluding carboxylic acids is 1. The molecule has 0 aliphatic rings. The lowest BCUT2D eigenvalue weighted by atomic mass is 10.1. The van der Waals surface area contributed by atoms with Crippen molar-refractivity contribution >= 4 is 33.9 Å². The second-order valence-electron chi connectivity index (χ2n) is 5.18. The van der Waals surface area contributed by atoms with Crippen LogP contribution in [0.3, 0.4) is 0 Å². The summed E-state index contributed by atoms with van der Waals surface area (Å²) < 4.78 is 0. The minimum Gasteiger partial charge on any atom is -0.398 e. The summed E-state index contributed by atoms with van der Waals surface area (Å²) in [5, 5.41) is 7.76. The average Bonchev–Trinajstić information content (AvgIpc) is 2.51. The van der Waals surface area contributed by atoms with Crippen LogP contribution in [0.1, 0.15) is 5.56 Å². The van der Waals surface area contributed by atoms with Crippen molar-refractivity contribution in [3.05, 3.63) is 66.2 Å². The van der Waals surface area contributed by atoms with Gasteiger partial charge in [-0.25, -0.2) is 4.79 Å². The molecule has 0 unspecified atom stereocenters. The molecule has 0 atom stereocenters. The van der Waals surface area contributed by atoms with Crippen LogP contribution in [0.5, 0.6) is 0 Å². The number of nitrogen functional groups attached to an aromatic ring is 1. The molecule has 2 amide bonds. The average molecular weight is 291 g/mol. The number of hydrogen-bond acceptors (Lipinski definition) is 2. The molecule has 4 nitrogen and oxygen atoms in total. The Hall–Kier alpha value is -3.01. The second kappa shape index (κ2) is 5.77. The maximum Gasteiger partial charge on any atom is 0.323 e. The van der Waals surface area contributed by atoms with Gasteiger partial charge in [-0.2, -0.15) is 0 Å². The Morgan fingerprint density at radius 3 is 2.55 bits per heavy atom. The summed E-state index contributed by atoms with van der Waals surface area (Å²) in [7, 11) is 0. The van der Waals surface area contributed by atoms with Crippen molar-refractivity contribution in [1.82, 2.24) is 0 Å². The van der Waals surface area contributed by atoms with Gasteiger partial charge >= 0.3 is 6.03 Å². The molecular formula is C18H17N3O. The number of urea groups is 1. The molecule has 0 spiro atoms.